The number of fused-ring (bicyclic) bond motifs is 5. The zero-order valence-corrected chi connectivity index (χ0v) is 18.2. The lowest BCUT2D eigenvalue weighted by molar-refractivity contribution is 0.0414. The standard InChI is InChI=1S/C28H30N2O/c1-2-30-25-10-6-4-8-22(25)23-17-20(11-12-26(23)30)19-29-15-13-28(14-16-29)24-9-5-3-7-21(24)18-27(28)31/h3-12,17,27,31H,2,13-16,18-19H2,1H3/t27-/m0/s1. The largest absolute Gasteiger partial charge is 0.392 e. The summed E-state index contributed by atoms with van der Waals surface area (Å²) >= 11 is 0. The number of aryl methyl sites for hydroxylation is 1. The molecular formula is C28H30N2O. The second kappa shape index (κ2) is 7.22. The van der Waals surface area contributed by atoms with Crippen LogP contribution in [0.5, 0.6) is 0 Å². The molecule has 0 amide bonds. The number of hydrogen-bond donors (Lipinski definition) is 1. The Kier molecular flexibility index (Phi) is 4.45. The van der Waals surface area contributed by atoms with Crippen LogP contribution in [0.3, 0.4) is 0 Å². The van der Waals surface area contributed by atoms with Crippen LogP contribution in [-0.4, -0.2) is 33.8 Å². The predicted octanol–water partition coefficient (Wildman–Crippen LogP) is 5.27. The molecule has 3 heteroatoms. The van der Waals surface area contributed by atoms with E-state index in [1.54, 1.807) is 0 Å². The smallest absolute Gasteiger partial charge is 0.0678 e. The van der Waals surface area contributed by atoms with E-state index in [2.05, 4.69) is 83.1 Å². The molecule has 1 saturated heterocycles. The number of aliphatic hydroxyl groups is 1. The molecule has 2 aliphatic rings. The third-order valence-corrected chi connectivity index (χ3v) is 7.91. The van der Waals surface area contributed by atoms with Gasteiger partial charge in [-0.3, -0.25) is 4.90 Å². The maximum absolute atomic E-state index is 10.9. The average molecular weight is 411 g/mol. The molecule has 6 rings (SSSR count). The molecule has 2 heterocycles. The first-order valence-electron chi connectivity index (χ1n) is 11.7. The Morgan fingerprint density at radius 1 is 0.903 bits per heavy atom. The fourth-order valence-corrected chi connectivity index (χ4v) is 6.28. The Balaban J connectivity index is 1.25. The van der Waals surface area contributed by atoms with Crippen LogP contribution in [0.25, 0.3) is 21.8 Å². The summed E-state index contributed by atoms with van der Waals surface area (Å²) in [7, 11) is 0. The highest BCUT2D eigenvalue weighted by atomic mass is 16.3. The number of hydrogen-bond acceptors (Lipinski definition) is 2. The van der Waals surface area contributed by atoms with E-state index in [9.17, 15) is 5.11 Å². The Morgan fingerprint density at radius 3 is 2.48 bits per heavy atom. The number of likely N-dealkylation sites (tertiary alicyclic amines) is 1. The van der Waals surface area contributed by atoms with Crippen LogP contribution in [0.15, 0.2) is 66.7 Å². The number of rotatable bonds is 3. The topological polar surface area (TPSA) is 28.4 Å². The molecule has 0 bridgehead atoms. The van der Waals surface area contributed by atoms with Gasteiger partial charge in [0.1, 0.15) is 0 Å². The molecule has 0 unspecified atom stereocenters. The zero-order valence-electron chi connectivity index (χ0n) is 18.2. The van der Waals surface area contributed by atoms with E-state index in [0.717, 1.165) is 45.4 Å². The number of aromatic nitrogens is 1. The molecular weight excluding hydrogens is 380 g/mol. The van der Waals surface area contributed by atoms with Crippen molar-refractivity contribution in [2.75, 3.05) is 13.1 Å². The van der Waals surface area contributed by atoms with Crippen molar-refractivity contribution >= 4 is 21.8 Å². The molecule has 3 aromatic carbocycles. The van der Waals surface area contributed by atoms with Gasteiger partial charge < -0.3 is 9.67 Å². The SMILES string of the molecule is CCn1c2ccccc2c2cc(CN3CCC4(CC3)c3ccccc3C[C@@H]4O)ccc21. The normalized spacial score (nSPS) is 20.6. The Bertz CT molecular complexity index is 1260. The van der Waals surface area contributed by atoms with Crippen molar-refractivity contribution < 1.29 is 5.11 Å². The van der Waals surface area contributed by atoms with Gasteiger partial charge in [0.25, 0.3) is 0 Å². The minimum absolute atomic E-state index is 0.0361. The highest BCUT2D eigenvalue weighted by Gasteiger charge is 2.47. The van der Waals surface area contributed by atoms with E-state index >= 15 is 0 Å². The fraction of sp³-hybridized carbons (Fsp3) is 0.357. The van der Waals surface area contributed by atoms with Crippen molar-refractivity contribution in [3.8, 4) is 0 Å². The molecule has 31 heavy (non-hydrogen) atoms. The summed E-state index contributed by atoms with van der Waals surface area (Å²) in [6, 6.07) is 24.4. The lowest BCUT2D eigenvalue weighted by Crippen LogP contribution is -2.47. The molecule has 1 aliphatic heterocycles. The van der Waals surface area contributed by atoms with Crippen LogP contribution in [0.2, 0.25) is 0 Å². The number of piperidine rings is 1. The molecule has 1 fully saturated rings. The fourth-order valence-electron chi connectivity index (χ4n) is 6.28. The van der Waals surface area contributed by atoms with Gasteiger partial charge in [0.05, 0.1) is 6.10 Å². The third-order valence-electron chi connectivity index (χ3n) is 7.91. The van der Waals surface area contributed by atoms with Crippen LogP contribution < -0.4 is 0 Å². The lowest BCUT2D eigenvalue weighted by atomic mass is 9.72. The molecule has 4 aromatic rings. The van der Waals surface area contributed by atoms with Gasteiger partial charge in [-0.25, -0.2) is 0 Å². The summed E-state index contributed by atoms with van der Waals surface area (Å²) in [5, 5.41) is 13.6. The van der Waals surface area contributed by atoms with Crippen molar-refractivity contribution in [1.82, 2.24) is 9.47 Å². The first kappa shape index (κ1) is 19.1. The lowest BCUT2D eigenvalue weighted by Gasteiger charge is -2.42. The van der Waals surface area contributed by atoms with Crippen molar-refractivity contribution in [3.63, 3.8) is 0 Å². The van der Waals surface area contributed by atoms with E-state index in [0.29, 0.717) is 0 Å². The highest BCUT2D eigenvalue weighted by Crippen LogP contribution is 2.46. The average Bonchev–Trinajstić information content (AvgIpc) is 3.27. The molecule has 0 saturated carbocycles. The van der Waals surface area contributed by atoms with Crippen LogP contribution in [0.1, 0.15) is 36.5 Å². The zero-order chi connectivity index (χ0) is 21.0. The van der Waals surface area contributed by atoms with Crippen molar-refractivity contribution in [1.29, 1.82) is 0 Å². The summed E-state index contributed by atoms with van der Waals surface area (Å²) < 4.78 is 2.41. The first-order valence-corrected chi connectivity index (χ1v) is 11.7. The third kappa shape index (κ3) is 2.87. The molecule has 1 atom stereocenters. The van der Waals surface area contributed by atoms with Gasteiger partial charge in [0.15, 0.2) is 0 Å². The number of aliphatic hydroxyl groups excluding tert-OH is 1. The second-order valence-electron chi connectivity index (χ2n) is 9.42. The summed E-state index contributed by atoms with van der Waals surface area (Å²) in [6.07, 6.45) is 2.67. The Labute approximate surface area is 183 Å². The van der Waals surface area contributed by atoms with E-state index in [-0.39, 0.29) is 11.5 Å². The Hall–Kier alpha value is -2.62. The number of benzene rings is 3. The minimum atomic E-state index is -0.233. The van der Waals surface area contributed by atoms with E-state index in [1.807, 2.05) is 0 Å². The van der Waals surface area contributed by atoms with Crippen LogP contribution >= 0.6 is 0 Å². The molecule has 3 nitrogen and oxygen atoms in total. The number of para-hydroxylation sites is 1. The van der Waals surface area contributed by atoms with Gasteiger partial charge >= 0.3 is 0 Å². The van der Waals surface area contributed by atoms with Gasteiger partial charge in [-0.2, -0.15) is 0 Å². The second-order valence-corrected chi connectivity index (χ2v) is 9.42. The molecule has 1 spiro atoms. The summed E-state index contributed by atoms with van der Waals surface area (Å²) in [4.78, 5) is 2.57. The van der Waals surface area contributed by atoms with E-state index in [4.69, 9.17) is 0 Å². The molecule has 158 valence electrons. The van der Waals surface area contributed by atoms with Gasteiger partial charge in [0, 0.05) is 40.3 Å². The Morgan fingerprint density at radius 2 is 1.65 bits per heavy atom. The maximum atomic E-state index is 10.9. The summed E-state index contributed by atoms with van der Waals surface area (Å²) in [6.45, 7) is 6.27. The summed E-state index contributed by atoms with van der Waals surface area (Å²) in [5.41, 5.74) is 6.75. The number of nitrogens with zero attached hydrogens (tertiary/aromatic N) is 2. The predicted molar refractivity (Wildman–Crippen MR) is 127 cm³/mol. The van der Waals surface area contributed by atoms with Crippen LogP contribution in [-0.2, 0) is 24.9 Å². The maximum Gasteiger partial charge on any atom is 0.0678 e. The monoisotopic (exact) mass is 410 g/mol. The molecule has 1 aromatic heterocycles. The quantitative estimate of drug-likeness (QED) is 0.499. The minimum Gasteiger partial charge on any atom is -0.392 e. The van der Waals surface area contributed by atoms with Gasteiger partial charge in [0.2, 0.25) is 0 Å². The van der Waals surface area contributed by atoms with Crippen LogP contribution in [0.4, 0.5) is 0 Å². The first-order chi connectivity index (χ1) is 15.2. The summed E-state index contributed by atoms with van der Waals surface area (Å²) in [5.74, 6) is 0. The molecule has 1 aliphatic carbocycles. The van der Waals surface area contributed by atoms with E-state index < -0.39 is 0 Å². The van der Waals surface area contributed by atoms with Crippen molar-refractivity contribution in [2.45, 2.75) is 50.8 Å². The van der Waals surface area contributed by atoms with Crippen molar-refractivity contribution in [2.24, 2.45) is 0 Å². The van der Waals surface area contributed by atoms with Crippen LogP contribution in [0, 0.1) is 0 Å². The van der Waals surface area contributed by atoms with E-state index in [1.165, 1.54) is 38.5 Å². The molecule has 0 radical (unpaired) electrons. The van der Waals surface area contributed by atoms with Gasteiger partial charge in [-0.15, -0.1) is 0 Å². The van der Waals surface area contributed by atoms with Crippen molar-refractivity contribution in [3.05, 3.63) is 83.4 Å². The van der Waals surface area contributed by atoms with Gasteiger partial charge in [-0.1, -0.05) is 48.5 Å². The van der Waals surface area contributed by atoms with Gasteiger partial charge in [-0.05, 0) is 74.2 Å². The molecule has 1 N–H and O–H groups in total. The highest BCUT2D eigenvalue weighted by molar-refractivity contribution is 6.08.